The van der Waals surface area contributed by atoms with Gasteiger partial charge < -0.3 is 10.2 Å². The van der Waals surface area contributed by atoms with E-state index < -0.39 is 10.0 Å². The lowest BCUT2D eigenvalue weighted by Crippen LogP contribution is -2.42. The highest BCUT2D eigenvalue weighted by Crippen LogP contribution is 2.47. The molecule has 1 spiro atoms. The average molecular weight is 407 g/mol. The summed E-state index contributed by atoms with van der Waals surface area (Å²) >= 11 is 0. The summed E-state index contributed by atoms with van der Waals surface area (Å²) in [6.07, 6.45) is 5.37. The molecule has 2 N–H and O–H groups in total. The van der Waals surface area contributed by atoms with E-state index in [1.165, 1.54) is 25.7 Å². The van der Waals surface area contributed by atoms with E-state index in [0.717, 1.165) is 36.7 Å². The van der Waals surface area contributed by atoms with E-state index in [1.807, 2.05) is 38.1 Å². The highest BCUT2D eigenvalue weighted by atomic mass is 32.2. The van der Waals surface area contributed by atoms with Crippen LogP contribution in [0.2, 0.25) is 0 Å². The predicted octanol–water partition coefficient (Wildman–Crippen LogP) is 2.86. The Morgan fingerprint density at radius 2 is 1.86 bits per heavy atom. The van der Waals surface area contributed by atoms with E-state index in [2.05, 4.69) is 21.9 Å². The van der Waals surface area contributed by atoms with Crippen LogP contribution in [0.5, 0.6) is 0 Å². The van der Waals surface area contributed by atoms with Gasteiger partial charge in [0.1, 0.15) is 0 Å². The second-order valence-electron chi connectivity index (χ2n) is 8.54. The van der Waals surface area contributed by atoms with Gasteiger partial charge in [0.15, 0.2) is 5.96 Å². The highest BCUT2D eigenvalue weighted by molar-refractivity contribution is 7.88. The quantitative estimate of drug-likeness (QED) is 0.539. The fourth-order valence-electron chi connectivity index (χ4n) is 4.15. The molecule has 0 radical (unpaired) electrons. The summed E-state index contributed by atoms with van der Waals surface area (Å²) in [5.41, 5.74) is 2.43. The molecule has 2 fully saturated rings. The molecule has 28 heavy (non-hydrogen) atoms. The van der Waals surface area contributed by atoms with Gasteiger partial charge in [-0.25, -0.2) is 18.1 Å². The molecule has 1 aromatic carbocycles. The molecule has 1 aliphatic heterocycles. The smallest absolute Gasteiger partial charge is 0.216 e. The molecule has 0 amide bonds. The maximum Gasteiger partial charge on any atom is 0.216 e. The number of hydrogen-bond acceptors (Lipinski definition) is 3. The van der Waals surface area contributed by atoms with Crippen molar-refractivity contribution in [3.8, 4) is 0 Å². The molecule has 156 valence electrons. The monoisotopic (exact) mass is 406 g/mol. The number of sulfonamides is 1. The minimum atomic E-state index is -3.29. The second kappa shape index (κ2) is 8.82. The third kappa shape index (κ3) is 5.47. The lowest BCUT2D eigenvalue weighted by Gasteiger charge is -2.38. The van der Waals surface area contributed by atoms with Gasteiger partial charge in [-0.1, -0.05) is 30.7 Å². The lowest BCUT2D eigenvalue weighted by molar-refractivity contribution is 0.151. The highest BCUT2D eigenvalue weighted by Gasteiger charge is 2.43. The molecule has 0 aromatic heterocycles. The van der Waals surface area contributed by atoms with Crippen LogP contribution in [0, 0.1) is 5.41 Å². The minimum absolute atomic E-state index is 0.00717. The van der Waals surface area contributed by atoms with Crippen LogP contribution in [0.15, 0.2) is 29.3 Å². The molecule has 1 heterocycles. The number of benzene rings is 1. The maximum absolute atomic E-state index is 12.1. The third-order valence-corrected chi connectivity index (χ3v) is 7.24. The number of nitrogens with zero attached hydrogens (tertiary/aromatic N) is 2. The molecular weight excluding hydrogens is 372 g/mol. The molecular formula is C21H34N4O2S. The average Bonchev–Trinajstić information content (AvgIpc) is 3.04. The second-order valence-corrected chi connectivity index (χ2v) is 10.3. The number of aliphatic imine (C=N–C) groups is 1. The van der Waals surface area contributed by atoms with E-state index in [1.54, 1.807) is 0 Å². The van der Waals surface area contributed by atoms with E-state index in [9.17, 15) is 8.42 Å². The summed E-state index contributed by atoms with van der Waals surface area (Å²) < 4.78 is 26.7. The van der Waals surface area contributed by atoms with Crippen LogP contribution in [0.25, 0.3) is 0 Å². The van der Waals surface area contributed by atoms with Gasteiger partial charge >= 0.3 is 0 Å². The normalized spacial score (nSPS) is 19.3. The van der Waals surface area contributed by atoms with Crippen LogP contribution < -0.4 is 10.0 Å². The van der Waals surface area contributed by atoms with Crippen LogP contribution in [-0.2, 0) is 22.3 Å². The van der Waals surface area contributed by atoms with Gasteiger partial charge in [-0.3, -0.25) is 0 Å². The Labute approximate surface area is 169 Å². The van der Waals surface area contributed by atoms with Gasteiger partial charge in [0.25, 0.3) is 0 Å². The molecule has 0 unspecified atom stereocenters. The summed E-state index contributed by atoms with van der Waals surface area (Å²) in [5.74, 6) is 1.01. The Balaban J connectivity index is 1.60. The zero-order valence-corrected chi connectivity index (χ0v) is 18.2. The number of nitrogens with one attached hydrogen (secondary N) is 2. The molecule has 2 aliphatic rings. The van der Waals surface area contributed by atoms with Gasteiger partial charge in [0.05, 0.1) is 12.3 Å². The van der Waals surface area contributed by atoms with Gasteiger partial charge in [0, 0.05) is 25.7 Å². The molecule has 0 bridgehead atoms. The zero-order valence-electron chi connectivity index (χ0n) is 17.4. The zero-order chi connectivity index (χ0) is 20.2. The lowest BCUT2D eigenvalue weighted by atomic mass is 9.68. The standard InChI is InChI=1S/C21H34N4O2S/c1-4-22-20(25-13-12-21(16-25)10-5-11-21)23-14-18-6-8-19(9-7-18)15-28(26,27)24-17(2)3/h6-9,17,24H,4-5,10-16H2,1-3H3,(H,22,23). The van der Waals surface area contributed by atoms with Crippen molar-refractivity contribution in [1.29, 1.82) is 0 Å². The number of likely N-dealkylation sites (tertiary alicyclic amines) is 1. The molecule has 7 heteroatoms. The van der Waals surface area contributed by atoms with Gasteiger partial charge in [-0.15, -0.1) is 0 Å². The molecule has 3 rings (SSSR count). The SMILES string of the molecule is CCNC(=NCc1ccc(CS(=O)(=O)NC(C)C)cc1)N1CCC2(CCC2)C1. The van der Waals surface area contributed by atoms with E-state index in [-0.39, 0.29) is 11.8 Å². The Hall–Kier alpha value is -1.60. The van der Waals surface area contributed by atoms with Gasteiger partial charge in [0.2, 0.25) is 10.0 Å². The van der Waals surface area contributed by atoms with Crippen LogP contribution in [-0.4, -0.2) is 45.0 Å². The Morgan fingerprint density at radius 1 is 1.18 bits per heavy atom. The van der Waals surface area contributed by atoms with Crippen molar-refractivity contribution in [3.05, 3.63) is 35.4 Å². The topological polar surface area (TPSA) is 73.8 Å². The van der Waals surface area contributed by atoms with Gasteiger partial charge in [-0.05, 0) is 56.6 Å². The first-order valence-corrected chi connectivity index (χ1v) is 12.1. The fourth-order valence-corrected chi connectivity index (χ4v) is 5.59. The molecule has 0 atom stereocenters. The van der Waals surface area contributed by atoms with E-state index >= 15 is 0 Å². The maximum atomic E-state index is 12.1. The van der Waals surface area contributed by atoms with Gasteiger partial charge in [-0.2, -0.15) is 0 Å². The van der Waals surface area contributed by atoms with Crippen LogP contribution in [0.1, 0.15) is 57.6 Å². The Kier molecular flexibility index (Phi) is 6.65. The Bertz CT molecular complexity index is 783. The van der Waals surface area contributed by atoms with Crippen LogP contribution in [0.3, 0.4) is 0 Å². The number of rotatable bonds is 7. The molecule has 1 saturated heterocycles. The van der Waals surface area contributed by atoms with Crippen molar-refractivity contribution < 1.29 is 8.42 Å². The summed E-state index contributed by atoms with van der Waals surface area (Å²) in [6.45, 7) is 9.43. The van der Waals surface area contributed by atoms with Crippen molar-refractivity contribution in [3.63, 3.8) is 0 Å². The summed E-state index contributed by atoms with van der Waals surface area (Å²) in [4.78, 5) is 7.24. The first kappa shape index (κ1) is 21.1. The molecule has 1 aliphatic carbocycles. The van der Waals surface area contributed by atoms with Crippen molar-refractivity contribution in [2.75, 3.05) is 19.6 Å². The molecule has 6 nitrogen and oxygen atoms in total. The molecule has 1 aromatic rings. The first-order chi connectivity index (χ1) is 13.3. The van der Waals surface area contributed by atoms with Crippen LogP contribution >= 0.6 is 0 Å². The minimum Gasteiger partial charge on any atom is -0.357 e. The predicted molar refractivity (Wildman–Crippen MR) is 115 cm³/mol. The van der Waals surface area contributed by atoms with E-state index in [0.29, 0.717) is 12.0 Å². The Morgan fingerprint density at radius 3 is 2.39 bits per heavy atom. The summed E-state index contributed by atoms with van der Waals surface area (Å²) in [7, 11) is -3.29. The fraction of sp³-hybridized carbons (Fsp3) is 0.667. The summed E-state index contributed by atoms with van der Waals surface area (Å²) in [6, 6.07) is 7.63. The van der Waals surface area contributed by atoms with Crippen molar-refractivity contribution >= 4 is 16.0 Å². The first-order valence-electron chi connectivity index (χ1n) is 10.4. The number of hydrogen-bond donors (Lipinski definition) is 2. The summed E-state index contributed by atoms with van der Waals surface area (Å²) in [5, 5.41) is 3.43. The van der Waals surface area contributed by atoms with Crippen LogP contribution in [0.4, 0.5) is 0 Å². The largest absolute Gasteiger partial charge is 0.357 e. The van der Waals surface area contributed by atoms with Crippen molar-refractivity contribution in [2.24, 2.45) is 10.4 Å². The van der Waals surface area contributed by atoms with Crippen molar-refractivity contribution in [2.45, 2.75) is 64.8 Å². The number of guanidine groups is 1. The third-order valence-electron chi connectivity index (χ3n) is 5.69. The van der Waals surface area contributed by atoms with Crippen molar-refractivity contribution in [1.82, 2.24) is 14.9 Å². The molecule has 1 saturated carbocycles. The van der Waals surface area contributed by atoms with E-state index in [4.69, 9.17) is 4.99 Å².